The van der Waals surface area contributed by atoms with E-state index in [9.17, 15) is 4.79 Å². The molecule has 0 aliphatic heterocycles. The molecule has 0 radical (unpaired) electrons. The van der Waals surface area contributed by atoms with E-state index in [0.717, 1.165) is 6.42 Å². The number of hydrogen-bond acceptors (Lipinski definition) is 3. The molecule has 0 unspecified atom stereocenters. The number of pyridine rings is 1. The van der Waals surface area contributed by atoms with Gasteiger partial charge >= 0.3 is 5.97 Å². The highest BCUT2D eigenvalue weighted by Gasteiger charge is 2.05. The number of aromatic carboxylic acids is 1. The second-order valence-corrected chi connectivity index (χ2v) is 3.77. The van der Waals surface area contributed by atoms with Gasteiger partial charge < -0.3 is 9.84 Å². The molecule has 0 atom stereocenters. The van der Waals surface area contributed by atoms with Crippen LogP contribution in [0.5, 0.6) is 5.75 Å². The van der Waals surface area contributed by atoms with Crippen LogP contribution in [0, 0.1) is 0 Å². The summed E-state index contributed by atoms with van der Waals surface area (Å²) in [6, 6.07) is 13.0. The molecule has 1 aromatic heterocycles. The van der Waals surface area contributed by atoms with Gasteiger partial charge in [0.2, 0.25) is 0 Å². The number of nitrogens with zero attached hydrogens (tertiary/aromatic N) is 1. The van der Waals surface area contributed by atoms with Gasteiger partial charge in [-0.1, -0.05) is 30.3 Å². The molecular weight excluding hydrogens is 230 g/mol. The summed E-state index contributed by atoms with van der Waals surface area (Å²) >= 11 is 0. The smallest absolute Gasteiger partial charge is 0.354 e. The van der Waals surface area contributed by atoms with Crippen molar-refractivity contribution in [2.24, 2.45) is 0 Å². The number of aromatic nitrogens is 1. The number of benzene rings is 1. The highest BCUT2D eigenvalue weighted by molar-refractivity contribution is 5.85. The fourth-order valence-electron chi connectivity index (χ4n) is 1.55. The zero-order valence-electron chi connectivity index (χ0n) is 9.74. The Labute approximate surface area is 105 Å². The Bertz CT molecular complexity index is 526. The van der Waals surface area contributed by atoms with Crippen LogP contribution in [-0.2, 0) is 6.42 Å². The van der Waals surface area contributed by atoms with Gasteiger partial charge in [-0.25, -0.2) is 9.78 Å². The predicted octanol–water partition coefficient (Wildman–Crippen LogP) is 2.40. The highest BCUT2D eigenvalue weighted by atomic mass is 16.5. The maximum Gasteiger partial charge on any atom is 0.354 e. The van der Waals surface area contributed by atoms with E-state index in [1.165, 1.54) is 17.8 Å². The zero-order chi connectivity index (χ0) is 12.8. The molecule has 0 bridgehead atoms. The molecule has 0 aliphatic carbocycles. The lowest BCUT2D eigenvalue weighted by Gasteiger charge is -2.06. The van der Waals surface area contributed by atoms with Gasteiger partial charge in [0.05, 0.1) is 6.61 Å². The summed E-state index contributed by atoms with van der Waals surface area (Å²) in [6.07, 6.45) is 2.22. The number of ether oxygens (including phenoxy) is 1. The number of carboxylic acids is 1. The molecule has 92 valence electrons. The Morgan fingerprint density at radius 2 is 2.00 bits per heavy atom. The van der Waals surface area contributed by atoms with Gasteiger partial charge in [-0.15, -0.1) is 0 Å². The van der Waals surface area contributed by atoms with Gasteiger partial charge in [0.25, 0.3) is 0 Å². The molecular formula is C14H13NO3. The van der Waals surface area contributed by atoms with Crippen LogP contribution in [0.2, 0.25) is 0 Å². The zero-order valence-corrected chi connectivity index (χ0v) is 9.74. The molecule has 0 saturated heterocycles. The van der Waals surface area contributed by atoms with Crippen molar-refractivity contribution < 1.29 is 14.6 Å². The summed E-state index contributed by atoms with van der Waals surface area (Å²) in [5.41, 5.74) is 1.18. The molecule has 4 heteroatoms. The Hall–Kier alpha value is -2.36. The van der Waals surface area contributed by atoms with E-state index in [1.807, 2.05) is 30.3 Å². The SMILES string of the molecule is O=C(O)c1cc(OCCc2ccccc2)ccn1. The summed E-state index contributed by atoms with van der Waals surface area (Å²) in [6.45, 7) is 0.507. The minimum Gasteiger partial charge on any atom is -0.493 e. The van der Waals surface area contributed by atoms with E-state index < -0.39 is 5.97 Å². The molecule has 18 heavy (non-hydrogen) atoms. The molecule has 1 N–H and O–H groups in total. The minimum atomic E-state index is -1.05. The standard InChI is InChI=1S/C14H13NO3/c16-14(17)13-10-12(6-8-15-13)18-9-7-11-4-2-1-3-5-11/h1-6,8,10H,7,9H2,(H,16,17). The van der Waals surface area contributed by atoms with Crippen molar-refractivity contribution in [3.63, 3.8) is 0 Å². The molecule has 4 nitrogen and oxygen atoms in total. The minimum absolute atomic E-state index is 0.00721. The fraction of sp³-hybridized carbons (Fsp3) is 0.143. The number of carboxylic acid groups (broad SMARTS) is 1. The first kappa shape index (κ1) is 12.1. The van der Waals surface area contributed by atoms with Crippen LogP contribution in [0.3, 0.4) is 0 Å². The van der Waals surface area contributed by atoms with Crippen LogP contribution in [0.4, 0.5) is 0 Å². The number of carbonyl (C=O) groups is 1. The van der Waals surface area contributed by atoms with Crippen molar-refractivity contribution in [1.29, 1.82) is 0 Å². The Balaban J connectivity index is 1.90. The average Bonchev–Trinajstić information content (AvgIpc) is 2.40. The van der Waals surface area contributed by atoms with Crippen LogP contribution in [0.25, 0.3) is 0 Å². The predicted molar refractivity (Wildman–Crippen MR) is 66.8 cm³/mol. The molecule has 0 fully saturated rings. The maximum atomic E-state index is 10.7. The first-order chi connectivity index (χ1) is 8.75. The van der Waals surface area contributed by atoms with Crippen LogP contribution in [0.1, 0.15) is 16.1 Å². The molecule has 1 aromatic carbocycles. The molecule has 2 rings (SSSR count). The van der Waals surface area contributed by atoms with Crippen molar-refractivity contribution in [1.82, 2.24) is 4.98 Å². The fourth-order valence-corrected chi connectivity index (χ4v) is 1.55. The van der Waals surface area contributed by atoms with Gasteiger partial charge in [0, 0.05) is 18.7 Å². The van der Waals surface area contributed by atoms with Crippen LogP contribution >= 0.6 is 0 Å². The third-order valence-electron chi connectivity index (χ3n) is 2.45. The second kappa shape index (κ2) is 5.82. The van der Waals surface area contributed by atoms with Crippen LogP contribution in [0.15, 0.2) is 48.7 Å². The van der Waals surface area contributed by atoms with Gasteiger partial charge in [-0.3, -0.25) is 0 Å². The lowest BCUT2D eigenvalue weighted by Crippen LogP contribution is -2.04. The van der Waals surface area contributed by atoms with E-state index in [2.05, 4.69) is 4.98 Å². The highest BCUT2D eigenvalue weighted by Crippen LogP contribution is 2.11. The Kier molecular flexibility index (Phi) is 3.91. The summed E-state index contributed by atoms with van der Waals surface area (Å²) in [7, 11) is 0. The summed E-state index contributed by atoms with van der Waals surface area (Å²) in [5, 5.41) is 8.79. The molecule has 0 amide bonds. The Morgan fingerprint density at radius 3 is 2.72 bits per heavy atom. The summed E-state index contributed by atoms with van der Waals surface area (Å²) < 4.78 is 5.50. The number of hydrogen-bond donors (Lipinski definition) is 1. The van der Waals surface area contributed by atoms with Crippen LogP contribution in [-0.4, -0.2) is 22.7 Å². The van der Waals surface area contributed by atoms with E-state index in [-0.39, 0.29) is 5.69 Å². The van der Waals surface area contributed by atoms with Gasteiger partial charge in [-0.05, 0) is 11.6 Å². The van der Waals surface area contributed by atoms with Gasteiger partial charge in [-0.2, -0.15) is 0 Å². The monoisotopic (exact) mass is 243 g/mol. The lowest BCUT2D eigenvalue weighted by molar-refractivity contribution is 0.0690. The molecule has 1 heterocycles. The molecule has 0 saturated carbocycles. The quantitative estimate of drug-likeness (QED) is 0.876. The third kappa shape index (κ3) is 3.31. The van der Waals surface area contributed by atoms with E-state index in [4.69, 9.17) is 9.84 Å². The summed E-state index contributed by atoms with van der Waals surface area (Å²) in [5.74, 6) is -0.526. The van der Waals surface area contributed by atoms with Crippen molar-refractivity contribution in [2.45, 2.75) is 6.42 Å². The summed E-state index contributed by atoms with van der Waals surface area (Å²) in [4.78, 5) is 14.5. The third-order valence-corrected chi connectivity index (χ3v) is 2.45. The molecule has 0 aliphatic rings. The molecule has 2 aromatic rings. The second-order valence-electron chi connectivity index (χ2n) is 3.77. The first-order valence-electron chi connectivity index (χ1n) is 5.62. The van der Waals surface area contributed by atoms with Crippen molar-refractivity contribution in [3.05, 3.63) is 59.9 Å². The van der Waals surface area contributed by atoms with Crippen LogP contribution < -0.4 is 4.74 Å². The maximum absolute atomic E-state index is 10.7. The lowest BCUT2D eigenvalue weighted by atomic mass is 10.2. The number of rotatable bonds is 5. The van der Waals surface area contributed by atoms with Gasteiger partial charge in [0.1, 0.15) is 5.75 Å². The topological polar surface area (TPSA) is 59.4 Å². The molecule has 0 spiro atoms. The normalized spacial score (nSPS) is 10.0. The van der Waals surface area contributed by atoms with E-state index in [1.54, 1.807) is 6.07 Å². The average molecular weight is 243 g/mol. The Morgan fingerprint density at radius 1 is 1.22 bits per heavy atom. The van der Waals surface area contributed by atoms with Gasteiger partial charge in [0.15, 0.2) is 5.69 Å². The van der Waals surface area contributed by atoms with Crippen molar-refractivity contribution in [3.8, 4) is 5.75 Å². The van der Waals surface area contributed by atoms with E-state index >= 15 is 0 Å². The van der Waals surface area contributed by atoms with E-state index in [0.29, 0.717) is 12.4 Å². The van der Waals surface area contributed by atoms with Crippen molar-refractivity contribution >= 4 is 5.97 Å². The largest absolute Gasteiger partial charge is 0.493 e. The first-order valence-corrected chi connectivity index (χ1v) is 5.62. The van der Waals surface area contributed by atoms with Crippen molar-refractivity contribution in [2.75, 3.05) is 6.61 Å².